The predicted molar refractivity (Wildman–Crippen MR) is 109 cm³/mol. The third kappa shape index (κ3) is 4.16. The number of imidazole rings is 1. The van der Waals surface area contributed by atoms with Gasteiger partial charge in [-0.15, -0.1) is 0 Å². The summed E-state index contributed by atoms with van der Waals surface area (Å²) in [6.07, 6.45) is 5.33. The minimum Gasteiger partial charge on any atom is -0.341 e. The van der Waals surface area contributed by atoms with Crippen molar-refractivity contribution in [1.82, 2.24) is 14.5 Å². The Morgan fingerprint density at radius 2 is 1.67 bits per heavy atom. The minimum absolute atomic E-state index is 0.192. The summed E-state index contributed by atoms with van der Waals surface area (Å²) in [6.45, 7) is 2.10. The highest BCUT2D eigenvalue weighted by Crippen LogP contribution is 2.20. The molecule has 0 bridgehead atoms. The number of hydrogen-bond acceptors (Lipinski definition) is 2. The maximum atomic E-state index is 13.0. The number of carbonyl (C=O) groups excluding carboxylic acids is 1. The maximum absolute atomic E-state index is 13.0. The molecule has 0 spiro atoms. The number of hydrogen-bond donors (Lipinski definition) is 0. The van der Waals surface area contributed by atoms with E-state index in [2.05, 4.69) is 4.57 Å². The lowest BCUT2D eigenvalue weighted by atomic mass is 10.1. The molecule has 4 rings (SSSR count). The summed E-state index contributed by atoms with van der Waals surface area (Å²) in [5, 5.41) is 0.726. The zero-order chi connectivity index (χ0) is 18.6. The van der Waals surface area contributed by atoms with Crippen LogP contribution in [0.25, 0.3) is 11.0 Å². The number of amides is 1. The van der Waals surface area contributed by atoms with Crippen LogP contribution in [0.3, 0.4) is 0 Å². The average molecular weight is 382 g/mol. The molecule has 1 amide bonds. The SMILES string of the molecule is O=C(Cn1c(Cc2ccc(Cl)cc2)nc2ccccc21)N1CCCCCC1. The van der Waals surface area contributed by atoms with Crippen LogP contribution in [0, 0.1) is 0 Å². The van der Waals surface area contributed by atoms with Crippen molar-refractivity contribution in [2.24, 2.45) is 0 Å². The molecule has 27 heavy (non-hydrogen) atoms. The number of benzene rings is 2. The van der Waals surface area contributed by atoms with Crippen molar-refractivity contribution < 1.29 is 4.79 Å². The van der Waals surface area contributed by atoms with Gasteiger partial charge in [0.15, 0.2) is 0 Å². The zero-order valence-electron chi connectivity index (χ0n) is 15.4. The van der Waals surface area contributed by atoms with Crippen LogP contribution in [0.2, 0.25) is 5.02 Å². The summed E-state index contributed by atoms with van der Waals surface area (Å²) in [5.41, 5.74) is 3.09. The quantitative estimate of drug-likeness (QED) is 0.657. The first kappa shape index (κ1) is 18.1. The van der Waals surface area contributed by atoms with Gasteiger partial charge in [-0.2, -0.15) is 0 Å². The molecule has 1 saturated heterocycles. The molecule has 4 nitrogen and oxygen atoms in total. The molecule has 2 aromatic carbocycles. The van der Waals surface area contributed by atoms with Crippen molar-refractivity contribution in [3.05, 3.63) is 64.9 Å². The molecule has 0 saturated carbocycles. The molecular formula is C22H24ClN3O. The van der Waals surface area contributed by atoms with Crippen LogP contribution >= 0.6 is 11.6 Å². The molecule has 0 aliphatic carbocycles. The molecule has 1 fully saturated rings. The van der Waals surface area contributed by atoms with E-state index in [0.717, 1.165) is 53.4 Å². The Hall–Kier alpha value is -2.33. The summed E-state index contributed by atoms with van der Waals surface area (Å²) in [5.74, 6) is 1.11. The number of likely N-dealkylation sites (tertiary alicyclic amines) is 1. The smallest absolute Gasteiger partial charge is 0.242 e. The van der Waals surface area contributed by atoms with Crippen molar-refractivity contribution >= 4 is 28.5 Å². The molecule has 5 heteroatoms. The predicted octanol–water partition coefficient (Wildman–Crippen LogP) is 4.68. The van der Waals surface area contributed by atoms with Crippen LogP contribution < -0.4 is 0 Å². The van der Waals surface area contributed by atoms with E-state index in [1.807, 2.05) is 53.4 Å². The van der Waals surface area contributed by atoms with Crippen LogP contribution in [0.4, 0.5) is 0 Å². The second-order valence-electron chi connectivity index (χ2n) is 7.20. The van der Waals surface area contributed by atoms with Gasteiger partial charge in [-0.1, -0.05) is 48.7 Å². The Morgan fingerprint density at radius 3 is 2.41 bits per heavy atom. The maximum Gasteiger partial charge on any atom is 0.242 e. The molecule has 3 aromatic rings. The van der Waals surface area contributed by atoms with Gasteiger partial charge in [-0.25, -0.2) is 4.98 Å². The van der Waals surface area contributed by atoms with Crippen molar-refractivity contribution in [1.29, 1.82) is 0 Å². The summed E-state index contributed by atoms with van der Waals surface area (Å²) in [6, 6.07) is 15.9. The zero-order valence-corrected chi connectivity index (χ0v) is 16.2. The van der Waals surface area contributed by atoms with Gasteiger partial charge >= 0.3 is 0 Å². The van der Waals surface area contributed by atoms with Gasteiger partial charge in [0.1, 0.15) is 12.4 Å². The highest BCUT2D eigenvalue weighted by molar-refractivity contribution is 6.30. The standard InChI is InChI=1S/C22H24ClN3O/c23-18-11-9-17(10-12-18)15-21-24-19-7-3-4-8-20(19)26(21)16-22(27)25-13-5-1-2-6-14-25/h3-4,7-12H,1-2,5-6,13-16H2. The van der Waals surface area contributed by atoms with E-state index >= 15 is 0 Å². The van der Waals surface area contributed by atoms with Gasteiger partial charge in [0.25, 0.3) is 0 Å². The van der Waals surface area contributed by atoms with E-state index in [-0.39, 0.29) is 5.91 Å². The van der Waals surface area contributed by atoms with Crippen LogP contribution in [0.15, 0.2) is 48.5 Å². The molecular weight excluding hydrogens is 358 g/mol. The topological polar surface area (TPSA) is 38.1 Å². The van der Waals surface area contributed by atoms with Crippen LogP contribution in [0.5, 0.6) is 0 Å². The first-order chi connectivity index (χ1) is 13.2. The molecule has 0 unspecified atom stereocenters. The Kier molecular flexibility index (Phi) is 5.44. The number of para-hydroxylation sites is 2. The number of halogens is 1. The van der Waals surface area contributed by atoms with E-state index in [1.54, 1.807) is 0 Å². The van der Waals surface area contributed by atoms with E-state index < -0.39 is 0 Å². The molecule has 2 heterocycles. The van der Waals surface area contributed by atoms with E-state index in [1.165, 1.54) is 12.8 Å². The number of fused-ring (bicyclic) bond motifs is 1. The highest BCUT2D eigenvalue weighted by atomic mass is 35.5. The molecule has 0 N–H and O–H groups in total. The van der Waals surface area contributed by atoms with Gasteiger partial charge in [0, 0.05) is 24.5 Å². The molecule has 0 atom stereocenters. The third-order valence-electron chi connectivity index (χ3n) is 5.26. The third-order valence-corrected chi connectivity index (χ3v) is 5.51. The normalized spacial score (nSPS) is 15.1. The average Bonchev–Trinajstić information content (AvgIpc) is 2.86. The minimum atomic E-state index is 0.192. The van der Waals surface area contributed by atoms with Crippen molar-refractivity contribution in [3.8, 4) is 0 Å². The Morgan fingerprint density at radius 1 is 0.963 bits per heavy atom. The monoisotopic (exact) mass is 381 g/mol. The number of nitrogens with zero attached hydrogens (tertiary/aromatic N) is 3. The first-order valence-electron chi connectivity index (χ1n) is 9.67. The largest absolute Gasteiger partial charge is 0.341 e. The highest BCUT2D eigenvalue weighted by Gasteiger charge is 2.19. The van der Waals surface area contributed by atoms with E-state index in [9.17, 15) is 4.79 Å². The molecule has 0 radical (unpaired) electrons. The van der Waals surface area contributed by atoms with E-state index in [4.69, 9.17) is 16.6 Å². The fourth-order valence-electron chi connectivity index (χ4n) is 3.78. The summed E-state index contributed by atoms with van der Waals surface area (Å²) < 4.78 is 2.08. The fraction of sp³-hybridized carbons (Fsp3) is 0.364. The lowest BCUT2D eigenvalue weighted by Gasteiger charge is -2.21. The van der Waals surface area contributed by atoms with Crippen LogP contribution in [-0.4, -0.2) is 33.4 Å². The second-order valence-corrected chi connectivity index (χ2v) is 7.64. The van der Waals surface area contributed by atoms with Crippen LogP contribution in [0.1, 0.15) is 37.1 Å². The van der Waals surface area contributed by atoms with Gasteiger partial charge in [0.05, 0.1) is 11.0 Å². The van der Waals surface area contributed by atoms with Crippen molar-refractivity contribution in [2.75, 3.05) is 13.1 Å². The van der Waals surface area contributed by atoms with Crippen molar-refractivity contribution in [2.45, 2.75) is 38.6 Å². The lowest BCUT2D eigenvalue weighted by Crippen LogP contribution is -2.34. The molecule has 1 aromatic heterocycles. The number of rotatable bonds is 4. The summed E-state index contributed by atoms with van der Waals surface area (Å²) in [4.78, 5) is 19.8. The Labute approximate surface area is 164 Å². The van der Waals surface area contributed by atoms with Gasteiger partial charge in [-0.3, -0.25) is 4.79 Å². The van der Waals surface area contributed by atoms with Crippen molar-refractivity contribution in [3.63, 3.8) is 0 Å². The molecule has 1 aliphatic heterocycles. The first-order valence-corrected chi connectivity index (χ1v) is 10.0. The van der Waals surface area contributed by atoms with E-state index in [0.29, 0.717) is 13.0 Å². The molecule has 140 valence electrons. The van der Waals surface area contributed by atoms with Gasteiger partial charge in [-0.05, 0) is 42.7 Å². The lowest BCUT2D eigenvalue weighted by molar-refractivity contribution is -0.131. The Balaban J connectivity index is 1.63. The fourth-order valence-corrected chi connectivity index (χ4v) is 3.90. The van der Waals surface area contributed by atoms with Crippen LogP contribution in [-0.2, 0) is 17.8 Å². The number of carbonyl (C=O) groups is 1. The summed E-state index contributed by atoms with van der Waals surface area (Å²) in [7, 11) is 0. The van der Waals surface area contributed by atoms with Gasteiger partial charge in [0.2, 0.25) is 5.91 Å². The molecule has 1 aliphatic rings. The summed E-state index contributed by atoms with van der Waals surface area (Å²) >= 11 is 6.01. The second kappa shape index (κ2) is 8.13. The number of aromatic nitrogens is 2. The van der Waals surface area contributed by atoms with Gasteiger partial charge < -0.3 is 9.47 Å². The Bertz CT molecular complexity index is 924.